The van der Waals surface area contributed by atoms with E-state index in [-0.39, 0.29) is 5.91 Å². The maximum atomic E-state index is 12.0. The van der Waals surface area contributed by atoms with Crippen LogP contribution in [0.4, 0.5) is 0 Å². The molecule has 0 aliphatic rings. The smallest absolute Gasteiger partial charge is 0.251 e. The molecule has 2 rings (SSSR count). The standard InChI is InChI=1S/C18H23N3O/c1-21(2)11-10-20-18(22)16-8-6-15(7-9-16)17-5-3-4-14(12-17)13-19/h3-9,12H,10-11,13,19H2,1-2H3,(H,20,22). The van der Waals surface area contributed by atoms with Gasteiger partial charge in [0.2, 0.25) is 0 Å². The van der Waals surface area contributed by atoms with Crippen molar-refractivity contribution in [2.75, 3.05) is 27.2 Å². The van der Waals surface area contributed by atoms with Gasteiger partial charge in [-0.3, -0.25) is 4.79 Å². The molecule has 116 valence electrons. The van der Waals surface area contributed by atoms with Crippen LogP contribution in [0.1, 0.15) is 15.9 Å². The van der Waals surface area contributed by atoms with Gasteiger partial charge in [0.25, 0.3) is 5.91 Å². The number of nitrogens with two attached hydrogens (primary N) is 1. The molecule has 0 aliphatic carbocycles. The lowest BCUT2D eigenvalue weighted by atomic mass is 10.0. The summed E-state index contributed by atoms with van der Waals surface area (Å²) in [5.41, 5.74) is 9.65. The summed E-state index contributed by atoms with van der Waals surface area (Å²) in [6, 6.07) is 15.8. The highest BCUT2D eigenvalue weighted by Crippen LogP contribution is 2.21. The molecule has 0 fully saturated rings. The molecule has 0 saturated carbocycles. The molecule has 0 saturated heterocycles. The number of amides is 1. The van der Waals surface area contributed by atoms with Crippen LogP contribution in [0.2, 0.25) is 0 Å². The Morgan fingerprint density at radius 1 is 1.09 bits per heavy atom. The highest BCUT2D eigenvalue weighted by molar-refractivity contribution is 5.94. The third kappa shape index (κ3) is 4.41. The zero-order chi connectivity index (χ0) is 15.9. The average molecular weight is 297 g/mol. The molecule has 0 aromatic heterocycles. The van der Waals surface area contributed by atoms with Gasteiger partial charge in [-0.25, -0.2) is 0 Å². The molecule has 1 amide bonds. The summed E-state index contributed by atoms with van der Waals surface area (Å²) in [4.78, 5) is 14.1. The molecular weight excluding hydrogens is 274 g/mol. The van der Waals surface area contributed by atoms with Crippen LogP contribution in [0.15, 0.2) is 48.5 Å². The number of benzene rings is 2. The first-order valence-electron chi connectivity index (χ1n) is 7.42. The quantitative estimate of drug-likeness (QED) is 0.858. The largest absolute Gasteiger partial charge is 0.351 e. The topological polar surface area (TPSA) is 58.4 Å². The first kappa shape index (κ1) is 16.2. The zero-order valence-electron chi connectivity index (χ0n) is 13.2. The third-order valence-corrected chi connectivity index (χ3v) is 3.49. The minimum atomic E-state index is -0.0379. The van der Waals surface area contributed by atoms with Gasteiger partial charge in [0, 0.05) is 25.2 Å². The number of rotatable bonds is 6. The van der Waals surface area contributed by atoms with Crippen molar-refractivity contribution in [3.63, 3.8) is 0 Å². The minimum Gasteiger partial charge on any atom is -0.351 e. The lowest BCUT2D eigenvalue weighted by molar-refractivity contribution is 0.0951. The Kier molecular flexibility index (Phi) is 5.69. The molecule has 2 aromatic rings. The van der Waals surface area contributed by atoms with Crippen LogP contribution >= 0.6 is 0 Å². The second-order valence-electron chi connectivity index (χ2n) is 5.54. The second-order valence-corrected chi connectivity index (χ2v) is 5.54. The molecular formula is C18H23N3O. The fraction of sp³-hybridized carbons (Fsp3) is 0.278. The van der Waals surface area contributed by atoms with Gasteiger partial charge in [0.15, 0.2) is 0 Å². The molecule has 22 heavy (non-hydrogen) atoms. The maximum Gasteiger partial charge on any atom is 0.251 e. The number of nitrogens with zero attached hydrogens (tertiary/aromatic N) is 1. The van der Waals surface area contributed by atoms with Crippen LogP contribution in [-0.2, 0) is 6.54 Å². The van der Waals surface area contributed by atoms with Crippen LogP contribution in [-0.4, -0.2) is 38.0 Å². The normalized spacial score (nSPS) is 10.7. The fourth-order valence-corrected chi connectivity index (χ4v) is 2.19. The van der Waals surface area contributed by atoms with E-state index >= 15 is 0 Å². The van der Waals surface area contributed by atoms with E-state index in [0.29, 0.717) is 18.7 Å². The molecule has 4 nitrogen and oxygen atoms in total. The summed E-state index contributed by atoms with van der Waals surface area (Å²) in [5.74, 6) is -0.0379. The van der Waals surface area contributed by atoms with Crippen molar-refractivity contribution in [2.45, 2.75) is 6.54 Å². The Morgan fingerprint density at radius 3 is 2.45 bits per heavy atom. The summed E-state index contributed by atoms with van der Waals surface area (Å²) in [6.45, 7) is 2.00. The number of nitrogens with one attached hydrogen (secondary N) is 1. The molecule has 4 heteroatoms. The van der Waals surface area contributed by atoms with Crippen LogP contribution < -0.4 is 11.1 Å². The number of carbonyl (C=O) groups excluding carboxylic acids is 1. The van der Waals surface area contributed by atoms with Gasteiger partial charge in [-0.15, -0.1) is 0 Å². The monoisotopic (exact) mass is 297 g/mol. The molecule has 0 atom stereocenters. The van der Waals surface area contributed by atoms with E-state index in [1.54, 1.807) is 0 Å². The van der Waals surface area contributed by atoms with Crippen LogP contribution in [0.25, 0.3) is 11.1 Å². The Bertz CT molecular complexity index is 620. The Balaban J connectivity index is 2.04. The fourth-order valence-electron chi connectivity index (χ4n) is 2.19. The van der Waals surface area contributed by atoms with E-state index in [0.717, 1.165) is 23.2 Å². The predicted molar refractivity (Wildman–Crippen MR) is 90.7 cm³/mol. The molecule has 0 heterocycles. The van der Waals surface area contributed by atoms with E-state index < -0.39 is 0 Å². The van der Waals surface area contributed by atoms with Gasteiger partial charge in [0.05, 0.1) is 0 Å². The Hall–Kier alpha value is -2.17. The van der Waals surface area contributed by atoms with Gasteiger partial charge in [0.1, 0.15) is 0 Å². The third-order valence-electron chi connectivity index (χ3n) is 3.49. The minimum absolute atomic E-state index is 0.0379. The first-order chi connectivity index (χ1) is 10.6. The van der Waals surface area contributed by atoms with E-state index in [1.807, 2.05) is 61.5 Å². The lowest BCUT2D eigenvalue weighted by Gasteiger charge is -2.10. The zero-order valence-corrected chi connectivity index (χ0v) is 13.2. The maximum absolute atomic E-state index is 12.0. The van der Waals surface area contributed by atoms with Crippen molar-refractivity contribution in [1.29, 1.82) is 0 Å². The van der Waals surface area contributed by atoms with Crippen molar-refractivity contribution in [3.8, 4) is 11.1 Å². The predicted octanol–water partition coefficient (Wildman–Crippen LogP) is 2.10. The highest BCUT2D eigenvalue weighted by Gasteiger charge is 2.06. The molecule has 0 bridgehead atoms. The number of hydrogen-bond donors (Lipinski definition) is 2. The van der Waals surface area contributed by atoms with Gasteiger partial charge in [-0.1, -0.05) is 30.3 Å². The van der Waals surface area contributed by atoms with Crippen molar-refractivity contribution < 1.29 is 4.79 Å². The van der Waals surface area contributed by atoms with Gasteiger partial charge >= 0.3 is 0 Å². The highest BCUT2D eigenvalue weighted by atomic mass is 16.1. The van der Waals surface area contributed by atoms with Crippen LogP contribution in [0, 0.1) is 0 Å². The summed E-state index contributed by atoms with van der Waals surface area (Å²) in [6.07, 6.45) is 0. The van der Waals surface area contributed by atoms with Crippen molar-refractivity contribution in [1.82, 2.24) is 10.2 Å². The Morgan fingerprint density at radius 2 is 1.82 bits per heavy atom. The summed E-state index contributed by atoms with van der Waals surface area (Å²) in [5, 5.41) is 2.91. The van der Waals surface area contributed by atoms with E-state index in [2.05, 4.69) is 11.4 Å². The molecule has 2 aromatic carbocycles. The van der Waals surface area contributed by atoms with E-state index in [4.69, 9.17) is 5.73 Å². The van der Waals surface area contributed by atoms with Gasteiger partial charge in [-0.05, 0) is 49.0 Å². The molecule has 0 unspecified atom stereocenters. The molecule has 0 radical (unpaired) electrons. The number of likely N-dealkylation sites (N-methyl/N-ethyl adjacent to an activating group) is 1. The number of hydrogen-bond acceptors (Lipinski definition) is 3. The van der Waals surface area contributed by atoms with Gasteiger partial charge < -0.3 is 16.0 Å². The van der Waals surface area contributed by atoms with Crippen LogP contribution in [0.3, 0.4) is 0 Å². The van der Waals surface area contributed by atoms with Crippen molar-refractivity contribution in [3.05, 3.63) is 59.7 Å². The van der Waals surface area contributed by atoms with Gasteiger partial charge in [-0.2, -0.15) is 0 Å². The summed E-state index contributed by atoms with van der Waals surface area (Å²) >= 11 is 0. The van der Waals surface area contributed by atoms with Crippen molar-refractivity contribution in [2.24, 2.45) is 5.73 Å². The second kappa shape index (κ2) is 7.73. The molecule has 0 spiro atoms. The summed E-state index contributed by atoms with van der Waals surface area (Å²) in [7, 11) is 3.97. The average Bonchev–Trinajstić information content (AvgIpc) is 2.54. The van der Waals surface area contributed by atoms with E-state index in [9.17, 15) is 4.79 Å². The van der Waals surface area contributed by atoms with Crippen LogP contribution in [0.5, 0.6) is 0 Å². The Labute approximate surface area is 131 Å². The SMILES string of the molecule is CN(C)CCNC(=O)c1ccc(-c2cccc(CN)c2)cc1. The first-order valence-corrected chi connectivity index (χ1v) is 7.42. The lowest BCUT2D eigenvalue weighted by Crippen LogP contribution is -2.31. The van der Waals surface area contributed by atoms with E-state index in [1.165, 1.54) is 0 Å². The summed E-state index contributed by atoms with van der Waals surface area (Å²) < 4.78 is 0. The molecule has 3 N–H and O–H groups in total. The number of carbonyl (C=O) groups is 1. The van der Waals surface area contributed by atoms with Crippen molar-refractivity contribution >= 4 is 5.91 Å². The molecule has 0 aliphatic heterocycles.